The summed E-state index contributed by atoms with van der Waals surface area (Å²) in [6.45, 7) is 1.57. The molecular formula is C21H19NO3. The lowest BCUT2D eigenvalue weighted by molar-refractivity contribution is -0.152. The van der Waals surface area contributed by atoms with Crippen molar-refractivity contribution in [3.8, 4) is 0 Å². The van der Waals surface area contributed by atoms with E-state index in [1.807, 2.05) is 60.7 Å². The third-order valence-corrected chi connectivity index (χ3v) is 3.88. The summed E-state index contributed by atoms with van der Waals surface area (Å²) >= 11 is 0. The van der Waals surface area contributed by atoms with Gasteiger partial charge in [-0.15, -0.1) is 0 Å². The van der Waals surface area contributed by atoms with Crippen LogP contribution in [0.15, 0.2) is 72.8 Å². The minimum absolute atomic E-state index is 0.133. The fourth-order valence-electron chi connectivity index (χ4n) is 2.57. The van der Waals surface area contributed by atoms with E-state index in [4.69, 9.17) is 4.74 Å². The number of hydrogen-bond donors (Lipinski definition) is 1. The van der Waals surface area contributed by atoms with Gasteiger partial charge in [-0.2, -0.15) is 0 Å². The Morgan fingerprint density at radius 2 is 1.60 bits per heavy atom. The molecule has 126 valence electrons. The van der Waals surface area contributed by atoms with Gasteiger partial charge in [0.15, 0.2) is 6.10 Å². The van der Waals surface area contributed by atoms with Gasteiger partial charge in [-0.25, -0.2) is 0 Å². The van der Waals surface area contributed by atoms with Crippen LogP contribution in [-0.2, 0) is 20.7 Å². The van der Waals surface area contributed by atoms with Crippen molar-refractivity contribution in [1.82, 2.24) is 0 Å². The van der Waals surface area contributed by atoms with Crippen LogP contribution in [0.1, 0.15) is 12.5 Å². The Balaban J connectivity index is 1.58. The number of amides is 1. The summed E-state index contributed by atoms with van der Waals surface area (Å²) in [7, 11) is 0. The maximum atomic E-state index is 12.1. The highest BCUT2D eigenvalue weighted by molar-refractivity contribution is 5.95. The van der Waals surface area contributed by atoms with E-state index in [1.54, 1.807) is 19.1 Å². The van der Waals surface area contributed by atoms with Gasteiger partial charge in [-0.05, 0) is 35.4 Å². The Kier molecular flexibility index (Phi) is 5.09. The molecule has 4 heteroatoms. The summed E-state index contributed by atoms with van der Waals surface area (Å²) in [6, 6.07) is 22.9. The molecule has 0 aromatic heterocycles. The Morgan fingerprint density at radius 1 is 0.920 bits per heavy atom. The molecule has 0 aliphatic rings. The highest BCUT2D eigenvalue weighted by Gasteiger charge is 2.18. The SMILES string of the molecule is C[C@H](OC(=O)Cc1ccc2ccccc2c1)C(=O)Nc1ccccc1. The predicted molar refractivity (Wildman–Crippen MR) is 98.3 cm³/mol. The van der Waals surface area contributed by atoms with Crippen molar-refractivity contribution in [2.24, 2.45) is 0 Å². The van der Waals surface area contributed by atoms with Crippen LogP contribution in [0, 0.1) is 0 Å². The second kappa shape index (κ2) is 7.62. The molecule has 0 saturated heterocycles. The number of carbonyl (C=O) groups is 2. The van der Waals surface area contributed by atoms with Crippen molar-refractivity contribution >= 4 is 28.3 Å². The number of nitrogens with one attached hydrogen (secondary N) is 1. The van der Waals surface area contributed by atoms with Crippen molar-refractivity contribution in [1.29, 1.82) is 0 Å². The smallest absolute Gasteiger partial charge is 0.311 e. The van der Waals surface area contributed by atoms with Crippen molar-refractivity contribution in [2.45, 2.75) is 19.4 Å². The molecule has 1 amide bonds. The molecule has 0 aliphatic heterocycles. The van der Waals surface area contributed by atoms with E-state index >= 15 is 0 Å². The molecule has 1 N–H and O–H groups in total. The zero-order valence-electron chi connectivity index (χ0n) is 13.9. The average molecular weight is 333 g/mol. The highest BCUT2D eigenvalue weighted by atomic mass is 16.5. The average Bonchev–Trinajstić information content (AvgIpc) is 2.62. The molecule has 25 heavy (non-hydrogen) atoms. The summed E-state index contributed by atoms with van der Waals surface area (Å²) < 4.78 is 5.25. The molecule has 0 unspecified atom stereocenters. The number of esters is 1. The topological polar surface area (TPSA) is 55.4 Å². The van der Waals surface area contributed by atoms with Crippen LogP contribution in [0.5, 0.6) is 0 Å². The molecule has 3 rings (SSSR count). The Labute approximate surface area is 146 Å². The Morgan fingerprint density at radius 3 is 2.36 bits per heavy atom. The maximum absolute atomic E-state index is 12.1. The van der Waals surface area contributed by atoms with Crippen molar-refractivity contribution in [3.63, 3.8) is 0 Å². The third-order valence-electron chi connectivity index (χ3n) is 3.88. The number of para-hydroxylation sites is 1. The molecule has 0 spiro atoms. The van der Waals surface area contributed by atoms with E-state index in [-0.39, 0.29) is 12.3 Å². The molecule has 1 atom stereocenters. The zero-order chi connectivity index (χ0) is 17.6. The summed E-state index contributed by atoms with van der Waals surface area (Å²) in [4.78, 5) is 24.2. The van der Waals surface area contributed by atoms with Crippen LogP contribution < -0.4 is 5.32 Å². The van der Waals surface area contributed by atoms with Gasteiger partial charge in [0.2, 0.25) is 0 Å². The number of anilines is 1. The number of carbonyl (C=O) groups excluding carboxylic acids is 2. The largest absolute Gasteiger partial charge is 0.452 e. The van der Waals surface area contributed by atoms with Gasteiger partial charge in [0.1, 0.15) is 0 Å². The van der Waals surface area contributed by atoms with Gasteiger partial charge in [0.05, 0.1) is 6.42 Å². The quantitative estimate of drug-likeness (QED) is 0.719. The van der Waals surface area contributed by atoms with E-state index in [2.05, 4.69) is 5.32 Å². The first-order chi connectivity index (χ1) is 12.1. The third kappa shape index (κ3) is 4.44. The van der Waals surface area contributed by atoms with E-state index in [0.717, 1.165) is 16.3 Å². The molecule has 0 bridgehead atoms. The molecule has 0 fully saturated rings. The minimum Gasteiger partial charge on any atom is -0.452 e. The van der Waals surface area contributed by atoms with Crippen molar-refractivity contribution in [2.75, 3.05) is 5.32 Å². The monoisotopic (exact) mass is 333 g/mol. The molecule has 0 heterocycles. The van der Waals surface area contributed by atoms with Gasteiger partial charge in [-0.3, -0.25) is 9.59 Å². The fourth-order valence-corrected chi connectivity index (χ4v) is 2.57. The van der Waals surface area contributed by atoms with Gasteiger partial charge in [0, 0.05) is 5.69 Å². The molecule has 3 aromatic rings. The number of rotatable bonds is 5. The fraction of sp³-hybridized carbons (Fsp3) is 0.143. The number of benzene rings is 3. The second-order valence-corrected chi connectivity index (χ2v) is 5.85. The molecular weight excluding hydrogens is 314 g/mol. The van der Waals surface area contributed by atoms with E-state index in [9.17, 15) is 9.59 Å². The number of hydrogen-bond acceptors (Lipinski definition) is 3. The first-order valence-electron chi connectivity index (χ1n) is 8.15. The first-order valence-corrected chi connectivity index (χ1v) is 8.15. The normalized spacial score (nSPS) is 11.7. The molecule has 3 aromatic carbocycles. The van der Waals surface area contributed by atoms with Crippen molar-refractivity contribution < 1.29 is 14.3 Å². The van der Waals surface area contributed by atoms with E-state index in [1.165, 1.54) is 0 Å². The lowest BCUT2D eigenvalue weighted by Gasteiger charge is -2.13. The summed E-state index contributed by atoms with van der Waals surface area (Å²) in [5.41, 5.74) is 1.53. The van der Waals surface area contributed by atoms with Crippen LogP contribution in [0.3, 0.4) is 0 Å². The summed E-state index contributed by atoms with van der Waals surface area (Å²) in [6.07, 6.45) is -0.721. The molecule has 0 saturated carbocycles. The number of fused-ring (bicyclic) bond motifs is 1. The van der Waals surface area contributed by atoms with Crippen LogP contribution in [0.4, 0.5) is 5.69 Å². The maximum Gasteiger partial charge on any atom is 0.311 e. The predicted octanol–water partition coefficient (Wildman–Crippen LogP) is 3.95. The molecule has 4 nitrogen and oxygen atoms in total. The highest BCUT2D eigenvalue weighted by Crippen LogP contribution is 2.16. The van der Waals surface area contributed by atoms with Gasteiger partial charge < -0.3 is 10.1 Å². The lowest BCUT2D eigenvalue weighted by atomic mass is 10.1. The Bertz CT molecular complexity index is 890. The van der Waals surface area contributed by atoms with Crippen LogP contribution in [0.2, 0.25) is 0 Å². The molecule has 0 radical (unpaired) electrons. The molecule has 0 aliphatic carbocycles. The van der Waals surface area contributed by atoms with E-state index < -0.39 is 12.1 Å². The standard InChI is InChI=1S/C21H19NO3/c1-15(21(24)22-19-9-3-2-4-10-19)25-20(23)14-16-11-12-17-7-5-6-8-18(17)13-16/h2-13,15H,14H2,1H3,(H,22,24)/t15-/m0/s1. The summed E-state index contributed by atoms with van der Waals surface area (Å²) in [5.74, 6) is -0.774. The van der Waals surface area contributed by atoms with Crippen LogP contribution in [-0.4, -0.2) is 18.0 Å². The second-order valence-electron chi connectivity index (χ2n) is 5.85. The lowest BCUT2D eigenvalue weighted by Crippen LogP contribution is -2.30. The zero-order valence-corrected chi connectivity index (χ0v) is 13.9. The minimum atomic E-state index is -0.854. The van der Waals surface area contributed by atoms with E-state index in [0.29, 0.717) is 5.69 Å². The van der Waals surface area contributed by atoms with Gasteiger partial charge in [-0.1, -0.05) is 60.7 Å². The van der Waals surface area contributed by atoms with Crippen LogP contribution in [0.25, 0.3) is 10.8 Å². The van der Waals surface area contributed by atoms with Gasteiger partial charge in [0.25, 0.3) is 5.91 Å². The van der Waals surface area contributed by atoms with Crippen molar-refractivity contribution in [3.05, 3.63) is 78.4 Å². The first kappa shape index (κ1) is 16.7. The van der Waals surface area contributed by atoms with Gasteiger partial charge >= 0.3 is 5.97 Å². The summed E-state index contributed by atoms with van der Waals surface area (Å²) in [5, 5.41) is 4.91. The van der Waals surface area contributed by atoms with Crippen LogP contribution >= 0.6 is 0 Å². The number of ether oxygens (including phenoxy) is 1. The Hall–Kier alpha value is -3.14.